The fourth-order valence-corrected chi connectivity index (χ4v) is 2.41. The van der Waals surface area contributed by atoms with Crippen molar-refractivity contribution in [1.29, 1.82) is 0 Å². The molecule has 1 aliphatic rings. The van der Waals surface area contributed by atoms with Crippen LogP contribution in [0.3, 0.4) is 0 Å². The standard InChI is InChI=1S/C15H26N4O/c1-4-6-13-18-14(16-5-2)11(3)15(19-13)17-12-7-9-20-10-8-12/h12H,4-10H2,1-3H3,(H2,16,17,18,19). The summed E-state index contributed by atoms with van der Waals surface area (Å²) < 4.78 is 5.41. The summed E-state index contributed by atoms with van der Waals surface area (Å²) in [6, 6.07) is 0.460. The molecule has 1 aromatic heterocycles. The first-order chi connectivity index (χ1) is 9.74. The lowest BCUT2D eigenvalue weighted by atomic mass is 10.1. The van der Waals surface area contributed by atoms with Gasteiger partial charge in [-0.1, -0.05) is 6.92 Å². The summed E-state index contributed by atoms with van der Waals surface area (Å²) in [6.07, 6.45) is 4.07. The summed E-state index contributed by atoms with van der Waals surface area (Å²) in [5, 5.41) is 6.91. The van der Waals surface area contributed by atoms with Crippen molar-refractivity contribution in [3.05, 3.63) is 11.4 Å². The summed E-state index contributed by atoms with van der Waals surface area (Å²) in [4.78, 5) is 9.31. The van der Waals surface area contributed by atoms with Gasteiger partial charge >= 0.3 is 0 Å². The van der Waals surface area contributed by atoms with Crippen LogP contribution < -0.4 is 10.6 Å². The molecule has 2 heterocycles. The average Bonchev–Trinajstić information content (AvgIpc) is 2.45. The van der Waals surface area contributed by atoms with E-state index >= 15 is 0 Å². The Balaban J connectivity index is 2.19. The van der Waals surface area contributed by atoms with Crippen molar-refractivity contribution in [1.82, 2.24) is 9.97 Å². The van der Waals surface area contributed by atoms with E-state index in [1.54, 1.807) is 0 Å². The maximum absolute atomic E-state index is 5.41. The number of ether oxygens (including phenoxy) is 1. The highest BCUT2D eigenvalue weighted by molar-refractivity contribution is 5.57. The van der Waals surface area contributed by atoms with Crippen molar-refractivity contribution in [2.24, 2.45) is 0 Å². The molecule has 1 aromatic rings. The van der Waals surface area contributed by atoms with Gasteiger partial charge in [-0.25, -0.2) is 9.97 Å². The van der Waals surface area contributed by atoms with Crippen LogP contribution in [0, 0.1) is 6.92 Å². The highest BCUT2D eigenvalue weighted by atomic mass is 16.5. The second-order valence-electron chi connectivity index (χ2n) is 5.27. The van der Waals surface area contributed by atoms with Crippen LogP contribution in [0.4, 0.5) is 11.6 Å². The summed E-state index contributed by atoms with van der Waals surface area (Å²) in [6.45, 7) is 8.87. The minimum atomic E-state index is 0.460. The van der Waals surface area contributed by atoms with Gasteiger partial charge in [0.25, 0.3) is 0 Å². The number of rotatable bonds is 6. The molecule has 0 unspecified atom stereocenters. The van der Waals surface area contributed by atoms with E-state index in [0.717, 1.165) is 68.5 Å². The molecule has 0 aromatic carbocycles. The van der Waals surface area contributed by atoms with Crippen LogP contribution in [0.25, 0.3) is 0 Å². The number of aromatic nitrogens is 2. The number of nitrogens with zero attached hydrogens (tertiary/aromatic N) is 2. The molecule has 2 N–H and O–H groups in total. The Morgan fingerprint density at radius 1 is 1.15 bits per heavy atom. The maximum atomic E-state index is 5.41. The van der Waals surface area contributed by atoms with Crippen LogP contribution in [0.1, 0.15) is 44.5 Å². The van der Waals surface area contributed by atoms with Crippen LogP contribution >= 0.6 is 0 Å². The molecule has 1 fully saturated rings. The van der Waals surface area contributed by atoms with E-state index in [-0.39, 0.29) is 0 Å². The molecule has 0 atom stereocenters. The van der Waals surface area contributed by atoms with Gasteiger partial charge in [-0.3, -0.25) is 0 Å². The third kappa shape index (κ3) is 3.82. The van der Waals surface area contributed by atoms with E-state index in [4.69, 9.17) is 9.72 Å². The average molecular weight is 278 g/mol. The SMILES string of the molecule is CCCc1nc(NCC)c(C)c(NC2CCOCC2)n1. The Kier molecular flexibility index (Phi) is 5.59. The molecule has 0 aliphatic carbocycles. The van der Waals surface area contributed by atoms with Gasteiger partial charge < -0.3 is 15.4 Å². The van der Waals surface area contributed by atoms with Gasteiger partial charge in [-0.2, -0.15) is 0 Å². The molecule has 5 nitrogen and oxygen atoms in total. The van der Waals surface area contributed by atoms with E-state index in [9.17, 15) is 0 Å². The first-order valence-corrected chi connectivity index (χ1v) is 7.70. The van der Waals surface area contributed by atoms with Gasteiger partial charge in [0.05, 0.1) is 0 Å². The molecule has 1 saturated heterocycles. The Hall–Kier alpha value is -1.36. The number of nitrogens with one attached hydrogen (secondary N) is 2. The summed E-state index contributed by atoms with van der Waals surface area (Å²) in [5.74, 6) is 2.86. The molecule has 0 saturated carbocycles. The number of aryl methyl sites for hydroxylation is 1. The lowest BCUT2D eigenvalue weighted by Gasteiger charge is -2.25. The second kappa shape index (κ2) is 7.43. The van der Waals surface area contributed by atoms with Gasteiger partial charge in [0.1, 0.15) is 17.5 Å². The molecular weight excluding hydrogens is 252 g/mol. The van der Waals surface area contributed by atoms with Crippen molar-refractivity contribution >= 4 is 11.6 Å². The fraction of sp³-hybridized carbons (Fsp3) is 0.733. The normalized spacial score (nSPS) is 16.1. The zero-order valence-corrected chi connectivity index (χ0v) is 12.8. The first-order valence-electron chi connectivity index (χ1n) is 7.70. The molecule has 112 valence electrons. The molecule has 0 amide bonds. The summed E-state index contributed by atoms with van der Waals surface area (Å²) >= 11 is 0. The van der Waals surface area contributed by atoms with Crippen molar-refractivity contribution in [3.8, 4) is 0 Å². The molecule has 2 rings (SSSR count). The number of anilines is 2. The predicted molar refractivity (Wildman–Crippen MR) is 82.4 cm³/mol. The first kappa shape index (κ1) is 15.0. The van der Waals surface area contributed by atoms with Crippen molar-refractivity contribution in [2.45, 2.75) is 52.5 Å². The summed E-state index contributed by atoms with van der Waals surface area (Å²) in [5.41, 5.74) is 1.11. The molecule has 1 aliphatic heterocycles. The molecule has 0 radical (unpaired) electrons. The Morgan fingerprint density at radius 2 is 1.85 bits per heavy atom. The minimum Gasteiger partial charge on any atom is -0.381 e. The van der Waals surface area contributed by atoms with Crippen LogP contribution in [0.2, 0.25) is 0 Å². The van der Waals surface area contributed by atoms with Crippen LogP contribution in [-0.2, 0) is 11.2 Å². The van der Waals surface area contributed by atoms with Gasteiger partial charge in [0.2, 0.25) is 0 Å². The Bertz CT molecular complexity index is 430. The highest BCUT2D eigenvalue weighted by Crippen LogP contribution is 2.23. The Morgan fingerprint density at radius 3 is 2.50 bits per heavy atom. The van der Waals surface area contributed by atoms with E-state index < -0.39 is 0 Å². The van der Waals surface area contributed by atoms with Gasteiger partial charge in [-0.15, -0.1) is 0 Å². The van der Waals surface area contributed by atoms with Crippen LogP contribution in [0.5, 0.6) is 0 Å². The minimum absolute atomic E-state index is 0.460. The topological polar surface area (TPSA) is 59.1 Å². The highest BCUT2D eigenvalue weighted by Gasteiger charge is 2.17. The van der Waals surface area contributed by atoms with Crippen LogP contribution in [-0.4, -0.2) is 35.8 Å². The third-order valence-corrected chi connectivity index (χ3v) is 3.57. The summed E-state index contributed by atoms with van der Waals surface area (Å²) in [7, 11) is 0. The molecule has 5 heteroatoms. The van der Waals surface area contributed by atoms with Crippen LogP contribution in [0.15, 0.2) is 0 Å². The molecule has 0 bridgehead atoms. The molecular formula is C15H26N4O. The third-order valence-electron chi connectivity index (χ3n) is 3.57. The van der Waals surface area contributed by atoms with E-state index in [1.165, 1.54) is 0 Å². The van der Waals surface area contributed by atoms with Crippen molar-refractivity contribution < 1.29 is 4.74 Å². The molecule has 0 spiro atoms. The lowest BCUT2D eigenvalue weighted by molar-refractivity contribution is 0.0903. The zero-order chi connectivity index (χ0) is 14.4. The Labute approximate surface area is 121 Å². The number of hydrogen-bond acceptors (Lipinski definition) is 5. The maximum Gasteiger partial charge on any atom is 0.134 e. The van der Waals surface area contributed by atoms with Gasteiger partial charge in [0, 0.05) is 37.8 Å². The lowest BCUT2D eigenvalue weighted by Crippen LogP contribution is -2.29. The van der Waals surface area contributed by atoms with Gasteiger partial charge in [0.15, 0.2) is 0 Å². The van der Waals surface area contributed by atoms with E-state index in [2.05, 4.69) is 36.4 Å². The van der Waals surface area contributed by atoms with Crippen molar-refractivity contribution in [2.75, 3.05) is 30.4 Å². The predicted octanol–water partition coefficient (Wildman–Crippen LogP) is 2.76. The molecule has 20 heavy (non-hydrogen) atoms. The zero-order valence-electron chi connectivity index (χ0n) is 12.8. The van der Waals surface area contributed by atoms with E-state index in [1.807, 2.05) is 0 Å². The van der Waals surface area contributed by atoms with Crippen molar-refractivity contribution in [3.63, 3.8) is 0 Å². The smallest absolute Gasteiger partial charge is 0.134 e. The quantitative estimate of drug-likeness (QED) is 0.838. The monoisotopic (exact) mass is 278 g/mol. The fourth-order valence-electron chi connectivity index (χ4n) is 2.41. The van der Waals surface area contributed by atoms with Gasteiger partial charge in [-0.05, 0) is 33.1 Å². The second-order valence-corrected chi connectivity index (χ2v) is 5.27. The van der Waals surface area contributed by atoms with E-state index in [0.29, 0.717) is 6.04 Å². The number of hydrogen-bond donors (Lipinski definition) is 2. The largest absolute Gasteiger partial charge is 0.381 e.